The van der Waals surface area contributed by atoms with E-state index in [1.165, 1.54) is 90.2 Å². The predicted octanol–water partition coefficient (Wildman–Crippen LogP) is 5.25. The van der Waals surface area contributed by atoms with Gasteiger partial charge in [-0.2, -0.15) is 13.2 Å². The number of amides is 12. The van der Waals surface area contributed by atoms with Crippen LogP contribution < -0.4 is 16.0 Å². The molecule has 594 valence electrons. The van der Waals surface area contributed by atoms with Gasteiger partial charge in [0.05, 0.1) is 38.1 Å². The summed E-state index contributed by atoms with van der Waals surface area (Å²) in [6.45, 7) is 10.9. The number of hydrogen-bond donors (Lipinski definition) is 3. The lowest BCUT2D eigenvalue weighted by Gasteiger charge is -2.54. The molecule has 0 aromatic carbocycles. The highest BCUT2D eigenvalue weighted by atomic mass is 19.4. The largest absolute Gasteiger partial charge is 0.394 e. The molecule has 3 heterocycles. The van der Waals surface area contributed by atoms with Crippen LogP contribution in [0.5, 0.6) is 0 Å². The Morgan fingerprint density at radius 2 is 1.31 bits per heavy atom. The van der Waals surface area contributed by atoms with Gasteiger partial charge in [-0.05, 0) is 118 Å². The topological polar surface area (TPSA) is 289 Å². The van der Waals surface area contributed by atoms with Gasteiger partial charge in [0.2, 0.25) is 76.8 Å². The molecule has 6 rings (SSSR count). The molecule has 0 aromatic rings. The minimum atomic E-state index is -4.55. The van der Waals surface area contributed by atoms with Crippen LogP contribution in [-0.2, 0) is 67.0 Å². The van der Waals surface area contributed by atoms with Crippen molar-refractivity contribution in [3.8, 4) is 0 Å². The first-order valence-corrected chi connectivity index (χ1v) is 37.4. The molecule has 3 aliphatic carbocycles. The Bertz CT molecular complexity index is 3140. The van der Waals surface area contributed by atoms with Crippen molar-refractivity contribution in [1.29, 1.82) is 0 Å². The summed E-state index contributed by atoms with van der Waals surface area (Å²) in [6, 6.07) is -11.0. The molecule has 3 unspecified atom stereocenters. The minimum Gasteiger partial charge on any atom is -0.382 e. The molecule has 2 saturated heterocycles. The summed E-state index contributed by atoms with van der Waals surface area (Å²) < 4.78 is 83.3. The molecule has 26 nitrogen and oxygen atoms in total. The summed E-state index contributed by atoms with van der Waals surface area (Å²) in [7, 11) is 13.5. The second kappa shape index (κ2) is 36.7. The Labute approximate surface area is 616 Å². The van der Waals surface area contributed by atoms with E-state index in [4.69, 9.17) is 9.47 Å². The van der Waals surface area contributed by atoms with Crippen molar-refractivity contribution in [2.45, 2.75) is 243 Å². The van der Waals surface area contributed by atoms with E-state index < -0.39 is 217 Å². The van der Waals surface area contributed by atoms with Crippen molar-refractivity contribution in [3.05, 3.63) is 12.2 Å². The number of carbonyl (C=O) groups excluding carboxylic acids is 12. The number of nitrogens with zero attached hydrogens (tertiary/aromatic N) is 9. The van der Waals surface area contributed by atoms with Gasteiger partial charge >= 0.3 is 6.18 Å². The number of likely N-dealkylation sites (N-methyl/N-ethyl adjacent to an activating group) is 7. The van der Waals surface area contributed by atoms with Crippen LogP contribution in [0, 0.1) is 40.9 Å². The molecule has 6 aliphatic rings. The number of nitrogens with one attached hydrogen (secondary N) is 3. The van der Waals surface area contributed by atoms with Crippen LogP contribution in [0.2, 0.25) is 0 Å². The van der Waals surface area contributed by atoms with Crippen LogP contribution in [0.1, 0.15) is 170 Å². The van der Waals surface area contributed by atoms with Crippen molar-refractivity contribution in [2.24, 2.45) is 40.9 Å². The molecule has 31 heteroatoms. The Kier molecular flexibility index (Phi) is 30.4. The highest BCUT2D eigenvalue weighted by molar-refractivity contribution is 6.01. The van der Waals surface area contributed by atoms with Gasteiger partial charge in [-0.1, -0.05) is 79.9 Å². The molecule has 3 N–H and O–H groups in total. The number of hydrogen-bond acceptors (Lipinski definition) is 14. The number of alkyl halides is 5. The van der Waals surface area contributed by atoms with E-state index in [0.29, 0.717) is 19.3 Å². The Morgan fingerprint density at radius 1 is 0.686 bits per heavy atom. The van der Waals surface area contributed by atoms with Crippen LogP contribution in [-0.4, -0.2) is 290 Å². The van der Waals surface area contributed by atoms with Crippen molar-refractivity contribution >= 4 is 70.9 Å². The molecule has 13 atom stereocenters. The standard InChI is InChI=1S/C74H119F5N12O14/c1-18-45(5)60-68(101)85(11)40-59(94)86(12)51-24-22-21-23-33-90(67(51)100)54(35-47-29-31-73(75,76)32-30-47)66(99)84(10)39-57(92)80-50(28-26-46-25-27-49(74(77,78)79)56(36-46)105-17)64(97)91-38-44(4)34-52(91)63(96)82-72(42-71(6,7)43-72)70(103)89(15)61(48(19-2)20-3)69(102)88(14)53(65(98)83(8)9)37-58(93)87(13)55(41-104-16)62(95)81-60/h21-22,44-56,60-61H,18-20,23-43H2,1-17H3,(H,80,92)(H,81,95)(H,82,96)/b22-21-/t44-,45-,46?,49?,50-,51-,52-,53-,54-,55-,56?,60-,61-/m0/s1. The first-order chi connectivity index (χ1) is 49.0. The number of methoxy groups -OCH3 is 2. The number of rotatable bonds is 14. The summed E-state index contributed by atoms with van der Waals surface area (Å²) in [6.07, 6.45) is -2.80. The fourth-order valence-electron chi connectivity index (χ4n) is 16.8. The molecule has 0 radical (unpaired) electrons. The van der Waals surface area contributed by atoms with Crippen LogP contribution in [0.15, 0.2) is 12.2 Å². The lowest BCUT2D eigenvalue weighted by Crippen LogP contribution is -2.71. The third kappa shape index (κ3) is 21.2. The molecule has 3 saturated carbocycles. The summed E-state index contributed by atoms with van der Waals surface area (Å²) in [5.41, 5.74) is -2.22. The van der Waals surface area contributed by atoms with Crippen molar-refractivity contribution in [3.63, 3.8) is 0 Å². The smallest absolute Gasteiger partial charge is 0.382 e. The average Bonchev–Trinajstić information content (AvgIpc) is 1.07. The first kappa shape index (κ1) is 86.9. The number of carbonyl (C=O) groups is 12. The van der Waals surface area contributed by atoms with Crippen LogP contribution in [0.4, 0.5) is 22.0 Å². The van der Waals surface area contributed by atoms with E-state index in [2.05, 4.69) is 16.0 Å². The normalized spacial score (nSPS) is 30.5. The number of halogens is 5. The SMILES string of the molecule is CCC(CC)[C@H]1C(=O)N(C)[C@H](C(=O)N(C)C)CC(=O)N(C)[C@@H](COC)C(=O)N[C@@H]([C@@H](C)CC)C(=O)N(C)CC(=O)N(C)[C@H]2C/C=C\CCN(C2=O)[C@@H](CC2CCC(F)(F)CC2)C(=O)N(C)CC(=O)N[C@@H](CCC2CCC(C(F)(F)F)C(OC)C2)C(=O)N2C[C@@H](C)C[C@H]2C(=O)NC2(CC(C)(C)C2)C(=O)N1C. The second-order valence-corrected chi connectivity index (χ2v) is 31.9. The first-order valence-electron chi connectivity index (χ1n) is 37.4. The maximum atomic E-state index is 15.7. The molecular formula is C74H119F5N12O14. The molecule has 12 amide bonds. The van der Waals surface area contributed by atoms with Gasteiger partial charge < -0.3 is 69.5 Å². The van der Waals surface area contributed by atoms with E-state index in [-0.39, 0.29) is 102 Å². The lowest BCUT2D eigenvalue weighted by atomic mass is 9.58. The van der Waals surface area contributed by atoms with Crippen molar-refractivity contribution in [2.75, 3.05) is 103 Å². The molecule has 0 aromatic heterocycles. The van der Waals surface area contributed by atoms with E-state index >= 15 is 28.8 Å². The Morgan fingerprint density at radius 3 is 1.89 bits per heavy atom. The average molecular weight is 1500 g/mol. The highest BCUT2D eigenvalue weighted by Crippen LogP contribution is 2.50. The number of fused-ring (bicyclic) bond motifs is 3. The minimum absolute atomic E-state index is 0.00441. The van der Waals surface area contributed by atoms with E-state index in [1.54, 1.807) is 26.0 Å². The van der Waals surface area contributed by atoms with Gasteiger partial charge in [0, 0.05) is 96.5 Å². The van der Waals surface area contributed by atoms with Gasteiger partial charge in [0.15, 0.2) is 0 Å². The fraction of sp³-hybridized carbons (Fsp3) is 0.811. The van der Waals surface area contributed by atoms with Crippen LogP contribution >= 0.6 is 0 Å². The van der Waals surface area contributed by atoms with Crippen molar-refractivity contribution < 1.29 is 89.0 Å². The van der Waals surface area contributed by atoms with E-state index in [9.17, 15) is 50.7 Å². The van der Waals surface area contributed by atoms with Crippen molar-refractivity contribution in [1.82, 2.24) is 60.0 Å². The zero-order chi connectivity index (χ0) is 78.7. The predicted molar refractivity (Wildman–Crippen MR) is 380 cm³/mol. The zero-order valence-corrected chi connectivity index (χ0v) is 64.9. The van der Waals surface area contributed by atoms with Crippen LogP contribution in [0.3, 0.4) is 0 Å². The maximum Gasteiger partial charge on any atom is 0.394 e. The summed E-state index contributed by atoms with van der Waals surface area (Å²) in [5.74, 6) is -16.0. The van der Waals surface area contributed by atoms with E-state index in [1.807, 2.05) is 34.6 Å². The molecular weight excluding hydrogens is 1380 g/mol. The van der Waals surface area contributed by atoms with E-state index in [0.717, 1.165) is 24.5 Å². The molecule has 3 aliphatic heterocycles. The third-order valence-corrected chi connectivity index (χ3v) is 23.3. The summed E-state index contributed by atoms with van der Waals surface area (Å²) >= 11 is 0. The number of ether oxygens (including phenoxy) is 2. The molecule has 1 spiro atoms. The second-order valence-electron chi connectivity index (χ2n) is 31.9. The lowest BCUT2D eigenvalue weighted by molar-refractivity contribution is -0.215. The zero-order valence-electron chi connectivity index (χ0n) is 64.9. The molecule has 5 fully saturated rings. The molecule has 105 heavy (non-hydrogen) atoms. The highest BCUT2D eigenvalue weighted by Gasteiger charge is 2.59. The monoisotopic (exact) mass is 1490 g/mol. The quantitative estimate of drug-likeness (QED) is 0.148. The van der Waals surface area contributed by atoms with Crippen LogP contribution in [0.25, 0.3) is 0 Å². The maximum absolute atomic E-state index is 15.7. The van der Waals surface area contributed by atoms with Gasteiger partial charge in [0.25, 0.3) is 0 Å². The Balaban J connectivity index is 1.48. The third-order valence-electron chi connectivity index (χ3n) is 23.3. The van der Waals surface area contributed by atoms with Gasteiger partial charge in [-0.3, -0.25) is 57.5 Å². The Hall–Kier alpha value is -7.05. The van der Waals surface area contributed by atoms with Gasteiger partial charge in [-0.25, -0.2) is 8.78 Å². The van der Waals surface area contributed by atoms with Gasteiger partial charge in [-0.15, -0.1) is 0 Å². The van der Waals surface area contributed by atoms with Gasteiger partial charge in [0.1, 0.15) is 53.9 Å². The summed E-state index contributed by atoms with van der Waals surface area (Å²) in [4.78, 5) is 191. The fourth-order valence-corrected chi connectivity index (χ4v) is 16.8. The molecule has 2 bridgehead atoms. The summed E-state index contributed by atoms with van der Waals surface area (Å²) in [5, 5.41) is 8.63.